The SMILES string of the molecule is COc1cc(C(=O)OCCc2cccs2)ccc1N. The predicted octanol–water partition coefficient (Wildman–Crippen LogP) is 2.74. The molecule has 1 heterocycles. The van der Waals surface area contributed by atoms with Crippen LogP contribution in [0.1, 0.15) is 15.2 Å². The summed E-state index contributed by atoms with van der Waals surface area (Å²) in [6.45, 7) is 0.367. The van der Waals surface area contributed by atoms with E-state index in [0.717, 1.165) is 6.42 Å². The molecule has 0 atom stereocenters. The first-order chi connectivity index (χ1) is 9.20. The van der Waals surface area contributed by atoms with Gasteiger partial charge in [-0.1, -0.05) is 6.07 Å². The quantitative estimate of drug-likeness (QED) is 0.674. The van der Waals surface area contributed by atoms with Crippen LogP contribution in [-0.2, 0) is 11.2 Å². The van der Waals surface area contributed by atoms with Gasteiger partial charge in [0.05, 0.1) is 25.0 Å². The number of rotatable bonds is 5. The summed E-state index contributed by atoms with van der Waals surface area (Å²) in [4.78, 5) is 13.0. The van der Waals surface area contributed by atoms with Crippen molar-refractivity contribution in [2.75, 3.05) is 19.5 Å². The standard InChI is InChI=1S/C14H15NO3S/c1-17-13-9-10(4-5-12(13)15)14(16)18-7-6-11-3-2-8-19-11/h2-5,8-9H,6-7,15H2,1H3. The molecule has 5 heteroatoms. The summed E-state index contributed by atoms with van der Waals surface area (Å²) in [5.74, 6) is 0.113. The molecule has 2 rings (SSSR count). The summed E-state index contributed by atoms with van der Waals surface area (Å²) in [6, 6.07) is 8.85. The number of nitrogens with two attached hydrogens (primary N) is 1. The van der Waals surface area contributed by atoms with Crippen molar-refractivity contribution in [3.05, 3.63) is 46.2 Å². The van der Waals surface area contributed by atoms with E-state index in [1.54, 1.807) is 29.5 Å². The van der Waals surface area contributed by atoms with Gasteiger partial charge in [-0.3, -0.25) is 0 Å². The summed E-state index contributed by atoms with van der Waals surface area (Å²) in [5.41, 5.74) is 6.63. The molecule has 0 saturated carbocycles. The second-order valence-corrected chi connectivity index (χ2v) is 4.95. The van der Waals surface area contributed by atoms with Gasteiger partial charge in [0.2, 0.25) is 0 Å². The van der Waals surface area contributed by atoms with Crippen molar-refractivity contribution in [3.63, 3.8) is 0 Å². The molecule has 2 aromatic rings. The van der Waals surface area contributed by atoms with Crippen LogP contribution in [0.2, 0.25) is 0 Å². The molecule has 0 aliphatic rings. The number of hydrogen-bond donors (Lipinski definition) is 1. The van der Waals surface area contributed by atoms with Gasteiger partial charge in [-0.15, -0.1) is 11.3 Å². The van der Waals surface area contributed by atoms with E-state index in [1.807, 2.05) is 17.5 Å². The first kappa shape index (κ1) is 13.4. The van der Waals surface area contributed by atoms with Crippen molar-refractivity contribution in [3.8, 4) is 5.75 Å². The van der Waals surface area contributed by atoms with Crippen LogP contribution in [0.25, 0.3) is 0 Å². The Bertz CT molecular complexity index is 552. The number of thiophene rings is 1. The maximum Gasteiger partial charge on any atom is 0.338 e. The Kier molecular flexibility index (Phi) is 4.41. The number of ether oxygens (including phenoxy) is 2. The fourth-order valence-electron chi connectivity index (χ4n) is 1.62. The fourth-order valence-corrected chi connectivity index (χ4v) is 2.31. The predicted molar refractivity (Wildman–Crippen MR) is 75.7 cm³/mol. The Morgan fingerprint density at radius 1 is 1.37 bits per heavy atom. The van der Waals surface area contributed by atoms with Gasteiger partial charge in [0.25, 0.3) is 0 Å². The third-order valence-electron chi connectivity index (χ3n) is 2.63. The lowest BCUT2D eigenvalue weighted by Gasteiger charge is -2.07. The van der Waals surface area contributed by atoms with Crippen molar-refractivity contribution in [1.82, 2.24) is 0 Å². The van der Waals surface area contributed by atoms with E-state index in [2.05, 4.69) is 0 Å². The Labute approximate surface area is 115 Å². The molecule has 19 heavy (non-hydrogen) atoms. The number of esters is 1. The van der Waals surface area contributed by atoms with Gasteiger partial charge in [-0.05, 0) is 29.6 Å². The van der Waals surface area contributed by atoms with Crippen molar-refractivity contribution < 1.29 is 14.3 Å². The average Bonchev–Trinajstić information content (AvgIpc) is 2.92. The lowest BCUT2D eigenvalue weighted by Crippen LogP contribution is -2.08. The molecule has 0 aliphatic heterocycles. The van der Waals surface area contributed by atoms with Crippen molar-refractivity contribution in [1.29, 1.82) is 0 Å². The summed E-state index contributed by atoms with van der Waals surface area (Å²) in [5, 5.41) is 2.00. The summed E-state index contributed by atoms with van der Waals surface area (Å²) >= 11 is 1.65. The van der Waals surface area contributed by atoms with E-state index >= 15 is 0 Å². The molecular weight excluding hydrogens is 262 g/mol. The molecule has 2 N–H and O–H groups in total. The molecule has 0 amide bonds. The van der Waals surface area contributed by atoms with E-state index in [-0.39, 0.29) is 5.97 Å². The highest BCUT2D eigenvalue weighted by atomic mass is 32.1. The van der Waals surface area contributed by atoms with Crippen molar-refractivity contribution in [2.45, 2.75) is 6.42 Å². The first-order valence-electron chi connectivity index (χ1n) is 5.83. The number of nitrogen functional groups attached to an aromatic ring is 1. The normalized spacial score (nSPS) is 10.2. The lowest BCUT2D eigenvalue weighted by molar-refractivity contribution is 0.0509. The monoisotopic (exact) mass is 277 g/mol. The highest BCUT2D eigenvalue weighted by Gasteiger charge is 2.10. The third kappa shape index (κ3) is 3.48. The zero-order valence-corrected chi connectivity index (χ0v) is 11.4. The van der Waals surface area contributed by atoms with E-state index in [1.165, 1.54) is 12.0 Å². The summed E-state index contributed by atoms with van der Waals surface area (Å²) in [6.07, 6.45) is 0.732. The molecule has 4 nitrogen and oxygen atoms in total. The zero-order chi connectivity index (χ0) is 13.7. The Morgan fingerprint density at radius 3 is 2.89 bits per heavy atom. The Balaban J connectivity index is 1.92. The van der Waals surface area contributed by atoms with Gasteiger partial charge in [0.1, 0.15) is 5.75 Å². The second-order valence-electron chi connectivity index (χ2n) is 3.92. The zero-order valence-electron chi connectivity index (χ0n) is 10.6. The van der Waals surface area contributed by atoms with E-state index in [0.29, 0.717) is 23.6 Å². The minimum absolute atomic E-state index is 0.366. The molecule has 0 spiro atoms. The average molecular weight is 277 g/mol. The highest BCUT2D eigenvalue weighted by molar-refractivity contribution is 7.09. The molecule has 0 bridgehead atoms. The maximum atomic E-state index is 11.8. The van der Waals surface area contributed by atoms with Crippen LogP contribution in [0.3, 0.4) is 0 Å². The van der Waals surface area contributed by atoms with Crippen LogP contribution in [0.4, 0.5) is 5.69 Å². The Morgan fingerprint density at radius 2 is 2.21 bits per heavy atom. The molecular formula is C14H15NO3S. The van der Waals surface area contributed by atoms with Crippen LogP contribution < -0.4 is 10.5 Å². The van der Waals surface area contributed by atoms with Gasteiger partial charge in [-0.25, -0.2) is 4.79 Å². The first-order valence-corrected chi connectivity index (χ1v) is 6.71. The number of carbonyl (C=O) groups is 1. The van der Waals surface area contributed by atoms with E-state index in [4.69, 9.17) is 15.2 Å². The van der Waals surface area contributed by atoms with E-state index < -0.39 is 0 Å². The van der Waals surface area contributed by atoms with Crippen molar-refractivity contribution in [2.24, 2.45) is 0 Å². The largest absolute Gasteiger partial charge is 0.495 e. The number of hydrogen-bond acceptors (Lipinski definition) is 5. The molecule has 100 valence electrons. The smallest absolute Gasteiger partial charge is 0.338 e. The van der Waals surface area contributed by atoms with Crippen LogP contribution in [0.15, 0.2) is 35.7 Å². The van der Waals surface area contributed by atoms with Gasteiger partial charge >= 0.3 is 5.97 Å². The summed E-state index contributed by atoms with van der Waals surface area (Å²) in [7, 11) is 1.51. The minimum atomic E-state index is -0.366. The highest BCUT2D eigenvalue weighted by Crippen LogP contribution is 2.22. The van der Waals surface area contributed by atoms with Gasteiger partial charge in [0, 0.05) is 11.3 Å². The number of benzene rings is 1. The van der Waals surface area contributed by atoms with Gasteiger partial charge in [-0.2, -0.15) is 0 Å². The second kappa shape index (κ2) is 6.24. The minimum Gasteiger partial charge on any atom is -0.495 e. The van der Waals surface area contributed by atoms with Crippen molar-refractivity contribution >= 4 is 23.0 Å². The molecule has 1 aromatic heterocycles. The third-order valence-corrected chi connectivity index (χ3v) is 3.57. The van der Waals surface area contributed by atoms with Crippen LogP contribution in [0, 0.1) is 0 Å². The van der Waals surface area contributed by atoms with Gasteiger partial charge < -0.3 is 15.2 Å². The maximum absolute atomic E-state index is 11.8. The lowest BCUT2D eigenvalue weighted by atomic mass is 10.2. The van der Waals surface area contributed by atoms with Crippen LogP contribution in [-0.4, -0.2) is 19.7 Å². The Hall–Kier alpha value is -2.01. The topological polar surface area (TPSA) is 61.5 Å². The number of anilines is 1. The molecule has 0 radical (unpaired) electrons. The van der Waals surface area contributed by atoms with Crippen LogP contribution >= 0.6 is 11.3 Å². The van der Waals surface area contributed by atoms with E-state index in [9.17, 15) is 4.79 Å². The molecule has 0 unspecified atom stereocenters. The van der Waals surface area contributed by atoms with Crippen LogP contribution in [0.5, 0.6) is 5.75 Å². The fraction of sp³-hybridized carbons (Fsp3) is 0.214. The molecule has 0 fully saturated rings. The van der Waals surface area contributed by atoms with Gasteiger partial charge in [0.15, 0.2) is 0 Å². The number of carbonyl (C=O) groups excluding carboxylic acids is 1. The summed E-state index contributed by atoms with van der Waals surface area (Å²) < 4.78 is 10.3. The molecule has 0 aliphatic carbocycles. The molecule has 1 aromatic carbocycles. The number of methoxy groups -OCH3 is 1. The molecule has 0 saturated heterocycles.